The van der Waals surface area contributed by atoms with E-state index in [4.69, 9.17) is 15.1 Å². The van der Waals surface area contributed by atoms with Crippen LogP contribution < -0.4 is 4.74 Å². The molecule has 3 nitrogen and oxygen atoms in total. The molecule has 0 aliphatic carbocycles. The van der Waals surface area contributed by atoms with Gasteiger partial charge < -0.3 is 9.84 Å². The number of unbranched alkanes of at least 4 members (excludes halogenated alkanes) is 1. The summed E-state index contributed by atoms with van der Waals surface area (Å²) in [4.78, 5) is 0. The van der Waals surface area contributed by atoms with Gasteiger partial charge in [-0.1, -0.05) is 36.4 Å². The second-order valence-corrected chi connectivity index (χ2v) is 4.89. The number of hydrogen-bond acceptors (Lipinski definition) is 3. The maximum atomic E-state index is 9.12. The lowest BCUT2D eigenvalue weighted by molar-refractivity contribution is 0.278. The zero-order valence-electron chi connectivity index (χ0n) is 12.0. The summed E-state index contributed by atoms with van der Waals surface area (Å²) in [6.45, 7) is 0.534. The molecular formula is C18H19NO2. The van der Waals surface area contributed by atoms with Crippen molar-refractivity contribution in [3.05, 3.63) is 65.2 Å². The smallest absolute Gasteiger partial charge is 0.137 e. The third-order valence-electron chi connectivity index (χ3n) is 3.31. The first kappa shape index (κ1) is 15.1. The molecular weight excluding hydrogens is 262 g/mol. The van der Waals surface area contributed by atoms with Crippen molar-refractivity contribution >= 4 is 0 Å². The van der Waals surface area contributed by atoms with E-state index in [9.17, 15) is 0 Å². The standard InChI is InChI=1S/C18H19NO2/c19-13-17-10-9-16(14-20)12-18(17)21-11-5-4-8-15-6-2-1-3-7-15/h1-3,6-7,9-10,12,20H,4-5,8,11,14H2. The van der Waals surface area contributed by atoms with Gasteiger partial charge in [-0.2, -0.15) is 5.26 Å². The Hall–Kier alpha value is -2.31. The molecule has 0 fully saturated rings. The van der Waals surface area contributed by atoms with Crippen LogP contribution in [0.2, 0.25) is 0 Å². The van der Waals surface area contributed by atoms with E-state index >= 15 is 0 Å². The Balaban J connectivity index is 1.79. The van der Waals surface area contributed by atoms with Crippen LogP contribution in [0.25, 0.3) is 0 Å². The molecule has 0 atom stereocenters. The molecule has 0 aromatic heterocycles. The molecule has 0 saturated carbocycles. The molecule has 2 rings (SSSR count). The largest absolute Gasteiger partial charge is 0.492 e. The Labute approximate surface area is 125 Å². The molecule has 0 amide bonds. The van der Waals surface area contributed by atoms with Crippen molar-refractivity contribution < 1.29 is 9.84 Å². The molecule has 21 heavy (non-hydrogen) atoms. The van der Waals surface area contributed by atoms with Gasteiger partial charge in [0.1, 0.15) is 11.8 Å². The van der Waals surface area contributed by atoms with Crippen LogP contribution in [0.15, 0.2) is 48.5 Å². The number of ether oxygens (including phenoxy) is 1. The van der Waals surface area contributed by atoms with Crippen molar-refractivity contribution in [2.45, 2.75) is 25.9 Å². The van der Waals surface area contributed by atoms with Crippen molar-refractivity contribution in [2.75, 3.05) is 6.61 Å². The third-order valence-corrected chi connectivity index (χ3v) is 3.31. The number of aliphatic hydroxyl groups is 1. The van der Waals surface area contributed by atoms with Crippen LogP contribution in [-0.4, -0.2) is 11.7 Å². The van der Waals surface area contributed by atoms with Crippen LogP contribution >= 0.6 is 0 Å². The molecule has 3 heteroatoms. The second-order valence-electron chi connectivity index (χ2n) is 4.89. The summed E-state index contributed by atoms with van der Waals surface area (Å²) in [6, 6.07) is 17.6. The van der Waals surface area contributed by atoms with Crippen molar-refractivity contribution in [1.29, 1.82) is 5.26 Å². The molecule has 0 spiro atoms. The minimum absolute atomic E-state index is 0.0456. The fourth-order valence-corrected chi connectivity index (χ4v) is 2.13. The average molecular weight is 281 g/mol. The highest BCUT2D eigenvalue weighted by atomic mass is 16.5. The maximum Gasteiger partial charge on any atom is 0.137 e. The SMILES string of the molecule is N#Cc1ccc(CO)cc1OCCCCc1ccccc1. The minimum atomic E-state index is -0.0456. The number of hydrogen-bond donors (Lipinski definition) is 1. The van der Waals surface area contributed by atoms with Gasteiger partial charge in [-0.15, -0.1) is 0 Å². The summed E-state index contributed by atoms with van der Waals surface area (Å²) in [5.41, 5.74) is 2.60. The molecule has 2 aromatic rings. The molecule has 0 unspecified atom stereocenters. The zero-order valence-corrected chi connectivity index (χ0v) is 12.0. The van der Waals surface area contributed by atoms with E-state index in [1.165, 1.54) is 5.56 Å². The van der Waals surface area contributed by atoms with Gasteiger partial charge in [-0.3, -0.25) is 0 Å². The fraction of sp³-hybridized carbons (Fsp3) is 0.278. The van der Waals surface area contributed by atoms with Crippen LogP contribution in [0.3, 0.4) is 0 Å². The van der Waals surface area contributed by atoms with E-state index in [0.717, 1.165) is 24.8 Å². The van der Waals surface area contributed by atoms with Gasteiger partial charge in [0, 0.05) is 0 Å². The number of benzene rings is 2. The zero-order chi connectivity index (χ0) is 14.9. The number of nitrogens with zero attached hydrogens (tertiary/aromatic N) is 1. The first-order valence-electron chi connectivity index (χ1n) is 7.14. The van der Waals surface area contributed by atoms with Crippen LogP contribution in [0, 0.1) is 11.3 Å². The van der Waals surface area contributed by atoms with E-state index in [-0.39, 0.29) is 6.61 Å². The summed E-state index contributed by atoms with van der Waals surface area (Å²) in [5, 5.41) is 18.2. The lowest BCUT2D eigenvalue weighted by Gasteiger charge is -2.09. The molecule has 0 saturated heterocycles. The molecule has 0 aliphatic heterocycles. The summed E-state index contributed by atoms with van der Waals surface area (Å²) >= 11 is 0. The molecule has 0 aliphatic rings. The van der Waals surface area contributed by atoms with Crippen LogP contribution in [0.5, 0.6) is 5.75 Å². The van der Waals surface area contributed by atoms with Crippen molar-refractivity contribution in [3.8, 4) is 11.8 Å². The molecule has 0 heterocycles. The highest BCUT2D eigenvalue weighted by Gasteiger charge is 2.04. The van der Waals surface area contributed by atoms with Crippen molar-refractivity contribution in [1.82, 2.24) is 0 Å². The Morgan fingerprint density at radius 3 is 2.52 bits per heavy atom. The predicted octanol–water partition coefficient (Wildman–Crippen LogP) is 3.45. The second kappa shape index (κ2) is 8.08. The first-order chi connectivity index (χ1) is 10.3. The molecule has 0 radical (unpaired) electrons. The molecule has 1 N–H and O–H groups in total. The molecule has 108 valence electrons. The van der Waals surface area contributed by atoms with Crippen molar-refractivity contribution in [2.24, 2.45) is 0 Å². The highest BCUT2D eigenvalue weighted by Crippen LogP contribution is 2.20. The Bertz CT molecular complexity index is 602. The van der Waals surface area contributed by atoms with Gasteiger partial charge >= 0.3 is 0 Å². The quantitative estimate of drug-likeness (QED) is 0.791. The monoisotopic (exact) mass is 281 g/mol. The minimum Gasteiger partial charge on any atom is -0.492 e. The van der Waals surface area contributed by atoms with Gasteiger partial charge in [0.2, 0.25) is 0 Å². The Kier molecular flexibility index (Phi) is 5.81. The summed E-state index contributed by atoms with van der Waals surface area (Å²) in [5.74, 6) is 0.559. The normalized spacial score (nSPS) is 10.1. The lowest BCUT2D eigenvalue weighted by atomic mass is 10.1. The molecule has 2 aromatic carbocycles. The van der Waals surface area contributed by atoms with E-state index < -0.39 is 0 Å². The van der Waals surface area contributed by atoms with E-state index in [1.807, 2.05) is 18.2 Å². The van der Waals surface area contributed by atoms with Gasteiger partial charge in [0.15, 0.2) is 0 Å². The molecule has 0 bridgehead atoms. The van der Waals surface area contributed by atoms with Gasteiger partial charge in [0.25, 0.3) is 0 Å². The average Bonchev–Trinajstić information content (AvgIpc) is 2.55. The summed E-state index contributed by atoms with van der Waals surface area (Å²) in [7, 11) is 0. The van der Waals surface area contributed by atoms with E-state index in [0.29, 0.717) is 17.9 Å². The van der Waals surface area contributed by atoms with Crippen LogP contribution in [0.1, 0.15) is 29.5 Å². The Morgan fingerprint density at radius 2 is 1.81 bits per heavy atom. The lowest BCUT2D eigenvalue weighted by Crippen LogP contribution is -2.01. The maximum absolute atomic E-state index is 9.12. The predicted molar refractivity (Wildman–Crippen MR) is 82.0 cm³/mol. The van der Waals surface area contributed by atoms with Gasteiger partial charge in [-0.25, -0.2) is 0 Å². The van der Waals surface area contributed by atoms with E-state index in [1.54, 1.807) is 18.2 Å². The highest BCUT2D eigenvalue weighted by molar-refractivity contribution is 5.45. The van der Waals surface area contributed by atoms with Gasteiger partial charge in [-0.05, 0) is 42.5 Å². The van der Waals surface area contributed by atoms with Gasteiger partial charge in [0.05, 0.1) is 18.8 Å². The summed E-state index contributed by atoms with van der Waals surface area (Å²) in [6.07, 6.45) is 3.01. The number of nitriles is 1. The van der Waals surface area contributed by atoms with Crippen LogP contribution in [0.4, 0.5) is 0 Å². The van der Waals surface area contributed by atoms with Crippen LogP contribution in [-0.2, 0) is 13.0 Å². The van der Waals surface area contributed by atoms with Crippen molar-refractivity contribution in [3.63, 3.8) is 0 Å². The third kappa shape index (κ3) is 4.62. The fourth-order valence-electron chi connectivity index (χ4n) is 2.13. The topological polar surface area (TPSA) is 53.2 Å². The summed E-state index contributed by atoms with van der Waals surface area (Å²) < 4.78 is 5.67. The number of rotatable bonds is 7. The number of aryl methyl sites for hydroxylation is 1. The van der Waals surface area contributed by atoms with E-state index in [2.05, 4.69) is 18.2 Å². The number of aliphatic hydroxyl groups excluding tert-OH is 1. The first-order valence-corrected chi connectivity index (χ1v) is 7.14. The Morgan fingerprint density at radius 1 is 1.00 bits per heavy atom.